The Hall–Kier alpha value is -2.53. The number of primary amides is 1. The summed E-state index contributed by atoms with van der Waals surface area (Å²) in [6, 6.07) is -2.69. The lowest BCUT2D eigenvalue weighted by molar-refractivity contribution is -0.120. The van der Waals surface area contributed by atoms with Crippen molar-refractivity contribution in [3.63, 3.8) is 0 Å². The molecule has 0 spiro atoms. The van der Waals surface area contributed by atoms with Gasteiger partial charge in [0.15, 0.2) is 11.6 Å². The highest BCUT2D eigenvalue weighted by Crippen LogP contribution is 2.19. The minimum absolute atomic E-state index is 0.0159. The van der Waals surface area contributed by atoms with E-state index in [0.717, 1.165) is 12.8 Å². The molecule has 0 aliphatic rings. The number of urea groups is 1. The van der Waals surface area contributed by atoms with Crippen molar-refractivity contribution >= 4 is 17.7 Å². The van der Waals surface area contributed by atoms with E-state index in [1.54, 1.807) is 0 Å². The first-order chi connectivity index (χ1) is 13.1. The molecule has 158 valence electrons. The molecule has 0 fully saturated rings. The van der Waals surface area contributed by atoms with Crippen LogP contribution in [0.2, 0.25) is 0 Å². The first-order valence-corrected chi connectivity index (χ1v) is 9.30. The molecule has 0 bridgehead atoms. The van der Waals surface area contributed by atoms with Gasteiger partial charge in [-0.15, -0.1) is 0 Å². The summed E-state index contributed by atoms with van der Waals surface area (Å²) >= 11 is 0. The first kappa shape index (κ1) is 23.5. The largest absolute Gasteiger partial charge is 0.370 e. The number of nitrogens with one attached hydrogen (secondary N) is 2. The van der Waals surface area contributed by atoms with Crippen molar-refractivity contribution in [3.05, 3.63) is 11.7 Å². The number of rotatable bonds is 12. The number of unbranched alkanes of at least 4 members (excludes halogenated alkanes) is 1. The first-order valence-electron chi connectivity index (χ1n) is 9.30. The zero-order valence-electron chi connectivity index (χ0n) is 16.6. The van der Waals surface area contributed by atoms with Crippen LogP contribution in [0.4, 0.5) is 4.79 Å². The zero-order valence-corrected chi connectivity index (χ0v) is 16.6. The van der Waals surface area contributed by atoms with Crippen molar-refractivity contribution in [2.24, 2.45) is 23.1 Å². The fourth-order valence-electron chi connectivity index (χ4n) is 2.66. The SMILES string of the molecule is CC(=O)[C@@H](NC(=O)N[C@@H](CC(N)=O)c1nc([C@@H](N)CCCCN)no1)C(C)C. The second kappa shape index (κ2) is 11.3. The van der Waals surface area contributed by atoms with Gasteiger partial charge < -0.3 is 32.4 Å². The number of carbonyl (C=O) groups excluding carboxylic acids is 3. The summed E-state index contributed by atoms with van der Waals surface area (Å²) in [5, 5.41) is 8.96. The highest BCUT2D eigenvalue weighted by atomic mass is 16.5. The predicted octanol–water partition coefficient (Wildman–Crippen LogP) is 0.0277. The van der Waals surface area contributed by atoms with E-state index in [1.807, 2.05) is 13.8 Å². The Morgan fingerprint density at radius 3 is 2.39 bits per heavy atom. The van der Waals surface area contributed by atoms with Crippen molar-refractivity contribution in [1.82, 2.24) is 20.8 Å². The topological polar surface area (TPSA) is 192 Å². The zero-order chi connectivity index (χ0) is 21.3. The molecule has 0 aliphatic heterocycles. The maximum atomic E-state index is 12.3. The fourth-order valence-corrected chi connectivity index (χ4v) is 2.66. The molecule has 0 aliphatic carbocycles. The molecule has 1 aromatic rings. The average molecular weight is 397 g/mol. The Labute approximate surface area is 164 Å². The van der Waals surface area contributed by atoms with Crippen LogP contribution in [0.3, 0.4) is 0 Å². The molecule has 0 radical (unpaired) electrons. The van der Waals surface area contributed by atoms with Crippen LogP contribution in [0.25, 0.3) is 0 Å². The molecule has 0 saturated heterocycles. The minimum Gasteiger partial charge on any atom is -0.370 e. The lowest BCUT2D eigenvalue weighted by Crippen LogP contribution is -2.49. The number of amides is 3. The van der Waals surface area contributed by atoms with E-state index in [0.29, 0.717) is 13.0 Å². The molecule has 11 nitrogen and oxygen atoms in total. The summed E-state index contributed by atoms with van der Waals surface area (Å²) in [6.45, 7) is 5.58. The van der Waals surface area contributed by atoms with Gasteiger partial charge in [0.2, 0.25) is 11.8 Å². The molecule has 1 rings (SSSR count). The Morgan fingerprint density at radius 1 is 1.18 bits per heavy atom. The quantitative estimate of drug-likeness (QED) is 0.305. The second-order valence-electron chi connectivity index (χ2n) is 7.05. The van der Waals surface area contributed by atoms with Crippen molar-refractivity contribution in [2.45, 2.75) is 64.6 Å². The van der Waals surface area contributed by atoms with Crippen LogP contribution in [-0.2, 0) is 9.59 Å². The number of carbonyl (C=O) groups is 3. The van der Waals surface area contributed by atoms with Gasteiger partial charge >= 0.3 is 6.03 Å². The minimum atomic E-state index is -0.935. The molecule has 1 aromatic heterocycles. The van der Waals surface area contributed by atoms with Gasteiger partial charge in [0.25, 0.3) is 0 Å². The molecular formula is C17H31N7O4. The molecule has 11 heteroatoms. The highest BCUT2D eigenvalue weighted by Gasteiger charge is 2.27. The van der Waals surface area contributed by atoms with Crippen LogP contribution in [0.1, 0.15) is 70.3 Å². The number of hydrogen-bond donors (Lipinski definition) is 5. The molecule has 0 saturated carbocycles. The number of nitrogens with zero attached hydrogens (tertiary/aromatic N) is 2. The van der Waals surface area contributed by atoms with E-state index in [1.165, 1.54) is 6.92 Å². The van der Waals surface area contributed by atoms with Gasteiger partial charge in [-0.25, -0.2) is 4.79 Å². The van der Waals surface area contributed by atoms with Crippen LogP contribution < -0.4 is 27.8 Å². The Morgan fingerprint density at radius 2 is 1.86 bits per heavy atom. The number of aromatic nitrogens is 2. The molecule has 28 heavy (non-hydrogen) atoms. The third-order valence-electron chi connectivity index (χ3n) is 4.16. The second-order valence-corrected chi connectivity index (χ2v) is 7.05. The normalized spacial score (nSPS) is 14.4. The summed E-state index contributed by atoms with van der Waals surface area (Å²) in [6.07, 6.45) is 2.02. The van der Waals surface area contributed by atoms with Crippen LogP contribution in [0.5, 0.6) is 0 Å². The van der Waals surface area contributed by atoms with E-state index in [-0.39, 0.29) is 29.8 Å². The van der Waals surface area contributed by atoms with Gasteiger partial charge in [-0.05, 0) is 32.2 Å². The molecule has 3 amide bonds. The Balaban J connectivity index is 2.84. The van der Waals surface area contributed by atoms with E-state index < -0.39 is 30.1 Å². The van der Waals surface area contributed by atoms with Gasteiger partial charge in [-0.1, -0.05) is 25.4 Å². The number of Topliss-reactive ketones (excluding diaryl/α,β-unsaturated/α-hetero) is 1. The van der Waals surface area contributed by atoms with Crippen LogP contribution in [-0.4, -0.2) is 40.4 Å². The lowest BCUT2D eigenvalue weighted by Gasteiger charge is -2.21. The molecule has 8 N–H and O–H groups in total. The third kappa shape index (κ3) is 7.61. The number of hydrogen-bond acceptors (Lipinski definition) is 8. The van der Waals surface area contributed by atoms with Crippen LogP contribution in [0.15, 0.2) is 4.52 Å². The number of nitrogens with two attached hydrogens (primary N) is 3. The predicted molar refractivity (Wildman–Crippen MR) is 102 cm³/mol. The summed E-state index contributed by atoms with van der Waals surface area (Å²) in [4.78, 5) is 39.5. The van der Waals surface area contributed by atoms with Gasteiger partial charge in [0.05, 0.1) is 18.5 Å². The highest BCUT2D eigenvalue weighted by molar-refractivity contribution is 5.87. The van der Waals surface area contributed by atoms with Crippen molar-refractivity contribution < 1.29 is 18.9 Å². The van der Waals surface area contributed by atoms with Crippen molar-refractivity contribution in [2.75, 3.05) is 6.54 Å². The van der Waals surface area contributed by atoms with Gasteiger partial charge in [0.1, 0.15) is 6.04 Å². The summed E-state index contributed by atoms with van der Waals surface area (Å²) in [5.41, 5.74) is 16.8. The van der Waals surface area contributed by atoms with Crippen molar-refractivity contribution in [3.8, 4) is 0 Å². The summed E-state index contributed by atoms with van der Waals surface area (Å²) in [7, 11) is 0. The van der Waals surface area contributed by atoms with Crippen molar-refractivity contribution in [1.29, 1.82) is 0 Å². The molecule has 3 atom stereocenters. The third-order valence-corrected chi connectivity index (χ3v) is 4.16. The maximum Gasteiger partial charge on any atom is 0.316 e. The maximum absolute atomic E-state index is 12.3. The monoisotopic (exact) mass is 397 g/mol. The lowest BCUT2D eigenvalue weighted by atomic mass is 10.0. The van der Waals surface area contributed by atoms with Crippen LogP contribution in [0, 0.1) is 5.92 Å². The van der Waals surface area contributed by atoms with Gasteiger partial charge in [0, 0.05) is 0 Å². The van der Waals surface area contributed by atoms with Crippen LogP contribution >= 0.6 is 0 Å². The molecular weight excluding hydrogens is 366 g/mol. The van der Waals surface area contributed by atoms with E-state index in [4.69, 9.17) is 21.7 Å². The summed E-state index contributed by atoms with van der Waals surface area (Å²) < 4.78 is 5.17. The molecule has 0 unspecified atom stereocenters. The van der Waals surface area contributed by atoms with E-state index in [9.17, 15) is 14.4 Å². The summed E-state index contributed by atoms with van der Waals surface area (Å²) in [5.74, 6) is -0.654. The fraction of sp³-hybridized carbons (Fsp3) is 0.706. The smallest absolute Gasteiger partial charge is 0.316 e. The molecule has 0 aromatic carbocycles. The van der Waals surface area contributed by atoms with E-state index in [2.05, 4.69) is 20.8 Å². The Bertz CT molecular complexity index is 662. The standard InChI is InChI=1S/C17H31N7O4/c1-9(2)14(10(3)25)22-17(27)21-12(8-13(20)26)16-23-15(24-28-16)11(19)6-4-5-7-18/h9,11-12,14H,4-8,18-19H2,1-3H3,(H2,20,26)(H2,21,22,27)/t11-,12-,14-/m0/s1. The average Bonchev–Trinajstić information content (AvgIpc) is 3.08. The van der Waals surface area contributed by atoms with Gasteiger partial charge in [-0.2, -0.15) is 4.98 Å². The van der Waals surface area contributed by atoms with E-state index >= 15 is 0 Å². The Kier molecular flexibility index (Phi) is 9.52. The number of ketones is 1. The van der Waals surface area contributed by atoms with Gasteiger partial charge in [-0.3, -0.25) is 9.59 Å². The molecule has 1 heterocycles.